The number of nitrogen functional groups attached to an aromatic ring is 1. The van der Waals surface area contributed by atoms with Crippen LogP contribution in [0.5, 0.6) is 0 Å². The summed E-state index contributed by atoms with van der Waals surface area (Å²) in [6.45, 7) is 3.93. The fourth-order valence-electron chi connectivity index (χ4n) is 1.86. The summed E-state index contributed by atoms with van der Waals surface area (Å²) < 4.78 is 0. The van der Waals surface area contributed by atoms with Crippen LogP contribution in [0.4, 0.5) is 5.69 Å². The Bertz CT molecular complexity index is 491. The summed E-state index contributed by atoms with van der Waals surface area (Å²) in [5.41, 5.74) is 6.39. The average molecular weight is 285 g/mol. The maximum atomic E-state index is 12.3. The van der Waals surface area contributed by atoms with Crippen LogP contribution in [0.25, 0.3) is 0 Å². The highest BCUT2D eigenvalue weighted by atomic mass is 35.5. The molecule has 1 atom stereocenters. The van der Waals surface area contributed by atoms with Crippen LogP contribution >= 0.6 is 11.6 Å². The summed E-state index contributed by atoms with van der Waals surface area (Å²) in [6.07, 6.45) is -0.0946. The van der Waals surface area contributed by atoms with E-state index in [2.05, 4.69) is 0 Å². The van der Waals surface area contributed by atoms with Gasteiger partial charge in [0.25, 0.3) is 5.91 Å². The first-order valence-corrected chi connectivity index (χ1v) is 6.32. The molecule has 0 aliphatic carbocycles. The summed E-state index contributed by atoms with van der Waals surface area (Å²) >= 11 is 5.80. The first kappa shape index (κ1) is 15.3. The lowest BCUT2D eigenvalue weighted by atomic mass is 10.1. The van der Waals surface area contributed by atoms with Crippen molar-refractivity contribution >= 4 is 29.2 Å². The Morgan fingerprint density at radius 1 is 1.47 bits per heavy atom. The number of hydrogen-bond acceptors (Lipinski definition) is 3. The molecule has 1 aromatic carbocycles. The summed E-state index contributed by atoms with van der Waals surface area (Å²) in [6, 6.07) is 4.25. The second-order valence-electron chi connectivity index (χ2n) is 4.27. The lowest BCUT2D eigenvalue weighted by Crippen LogP contribution is -2.39. The molecule has 0 bridgehead atoms. The number of carboxylic acids is 1. The van der Waals surface area contributed by atoms with Crippen LogP contribution in [0, 0.1) is 0 Å². The molecule has 0 spiro atoms. The van der Waals surface area contributed by atoms with E-state index in [0.29, 0.717) is 22.8 Å². The van der Waals surface area contributed by atoms with E-state index in [9.17, 15) is 9.59 Å². The van der Waals surface area contributed by atoms with Crippen molar-refractivity contribution in [2.24, 2.45) is 0 Å². The van der Waals surface area contributed by atoms with E-state index in [1.807, 2.05) is 0 Å². The van der Waals surface area contributed by atoms with Crippen LogP contribution in [0.15, 0.2) is 18.2 Å². The summed E-state index contributed by atoms with van der Waals surface area (Å²) in [5.74, 6) is -1.19. The van der Waals surface area contributed by atoms with Crippen molar-refractivity contribution in [1.82, 2.24) is 4.90 Å². The van der Waals surface area contributed by atoms with Crippen LogP contribution in [-0.2, 0) is 4.79 Å². The minimum Gasteiger partial charge on any atom is -0.481 e. The van der Waals surface area contributed by atoms with E-state index in [4.69, 9.17) is 22.4 Å². The maximum absolute atomic E-state index is 12.3. The van der Waals surface area contributed by atoms with Gasteiger partial charge in [0.2, 0.25) is 0 Å². The highest BCUT2D eigenvalue weighted by molar-refractivity contribution is 6.33. The molecule has 0 aliphatic rings. The molecule has 0 fully saturated rings. The Balaban J connectivity index is 2.94. The maximum Gasteiger partial charge on any atom is 0.305 e. The third-order valence-electron chi connectivity index (χ3n) is 2.85. The van der Waals surface area contributed by atoms with Crippen molar-refractivity contribution in [3.05, 3.63) is 28.8 Å². The van der Waals surface area contributed by atoms with Gasteiger partial charge in [-0.1, -0.05) is 11.6 Å². The number of anilines is 1. The van der Waals surface area contributed by atoms with E-state index < -0.39 is 5.97 Å². The average Bonchev–Trinajstić information content (AvgIpc) is 2.32. The lowest BCUT2D eigenvalue weighted by Gasteiger charge is -2.27. The molecule has 1 amide bonds. The molecule has 0 heterocycles. The lowest BCUT2D eigenvalue weighted by molar-refractivity contribution is -0.138. The van der Waals surface area contributed by atoms with Gasteiger partial charge in [0, 0.05) is 18.2 Å². The third kappa shape index (κ3) is 3.86. The molecule has 1 aromatic rings. The van der Waals surface area contributed by atoms with E-state index in [1.54, 1.807) is 26.0 Å². The predicted molar refractivity (Wildman–Crippen MR) is 74.3 cm³/mol. The number of rotatable bonds is 5. The van der Waals surface area contributed by atoms with Crippen LogP contribution in [0.2, 0.25) is 5.02 Å². The Morgan fingerprint density at radius 3 is 2.58 bits per heavy atom. The smallest absolute Gasteiger partial charge is 0.305 e. The minimum atomic E-state index is -0.936. The van der Waals surface area contributed by atoms with E-state index in [0.717, 1.165) is 0 Å². The zero-order valence-corrected chi connectivity index (χ0v) is 11.6. The number of carbonyl (C=O) groups excluding carboxylic acids is 1. The molecule has 104 valence electrons. The number of benzene rings is 1. The largest absolute Gasteiger partial charge is 0.481 e. The predicted octanol–water partition coefficient (Wildman–Crippen LogP) is 2.25. The molecular weight excluding hydrogens is 268 g/mol. The van der Waals surface area contributed by atoms with Crippen molar-refractivity contribution < 1.29 is 14.7 Å². The zero-order chi connectivity index (χ0) is 14.6. The van der Waals surface area contributed by atoms with Crippen LogP contribution in [0.1, 0.15) is 30.6 Å². The van der Waals surface area contributed by atoms with Crippen molar-refractivity contribution in [3.8, 4) is 0 Å². The SMILES string of the molecule is CCN(C(=O)c1ccc(Cl)c(N)c1)C(C)CC(=O)O. The second-order valence-corrected chi connectivity index (χ2v) is 4.68. The van der Waals surface area contributed by atoms with E-state index in [1.165, 1.54) is 11.0 Å². The second kappa shape index (κ2) is 6.43. The molecule has 1 unspecified atom stereocenters. The first-order valence-electron chi connectivity index (χ1n) is 5.94. The monoisotopic (exact) mass is 284 g/mol. The van der Waals surface area contributed by atoms with Gasteiger partial charge in [0.1, 0.15) is 0 Å². The van der Waals surface area contributed by atoms with Gasteiger partial charge in [-0.25, -0.2) is 0 Å². The topological polar surface area (TPSA) is 83.6 Å². The van der Waals surface area contributed by atoms with Crippen molar-refractivity contribution in [3.63, 3.8) is 0 Å². The van der Waals surface area contributed by atoms with Gasteiger partial charge in [0.05, 0.1) is 17.1 Å². The van der Waals surface area contributed by atoms with Crippen molar-refractivity contribution in [2.45, 2.75) is 26.3 Å². The molecule has 0 aliphatic heterocycles. The van der Waals surface area contributed by atoms with Crippen molar-refractivity contribution in [1.29, 1.82) is 0 Å². The highest BCUT2D eigenvalue weighted by Gasteiger charge is 2.22. The standard InChI is InChI=1S/C13H17ClN2O3/c1-3-16(8(2)6-12(17)18)13(19)9-4-5-10(14)11(15)7-9/h4-5,7-8H,3,6,15H2,1-2H3,(H,17,18). The molecule has 3 N–H and O–H groups in total. The molecule has 1 rings (SSSR count). The van der Waals surface area contributed by atoms with Crippen molar-refractivity contribution in [2.75, 3.05) is 12.3 Å². The fraction of sp³-hybridized carbons (Fsp3) is 0.385. The molecule has 5 nitrogen and oxygen atoms in total. The van der Waals surface area contributed by atoms with E-state index >= 15 is 0 Å². The zero-order valence-electron chi connectivity index (χ0n) is 10.9. The Morgan fingerprint density at radius 2 is 2.11 bits per heavy atom. The minimum absolute atomic E-state index is 0.0946. The number of aliphatic carboxylic acids is 1. The number of hydrogen-bond donors (Lipinski definition) is 2. The molecule has 0 aromatic heterocycles. The van der Waals surface area contributed by atoms with Gasteiger partial charge < -0.3 is 15.7 Å². The van der Waals surface area contributed by atoms with E-state index in [-0.39, 0.29) is 18.4 Å². The number of halogens is 1. The summed E-state index contributed by atoms with van der Waals surface area (Å²) in [4.78, 5) is 24.5. The summed E-state index contributed by atoms with van der Waals surface area (Å²) in [5, 5.41) is 9.17. The molecule has 0 saturated carbocycles. The highest BCUT2D eigenvalue weighted by Crippen LogP contribution is 2.21. The van der Waals surface area contributed by atoms with Crippen LogP contribution < -0.4 is 5.73 Å². The van der Waals surface area contributed by atoms with Gasteiger partial charge >= 0.3 is 5.97 Å². The fourth-order valence-corrected chi connectivity index (χ4v) is 1.98. The number of nitrogens with zero attached hydrogens (tertiary/aromatic N) is 1. The first-order chi connectivity index (χ1) is 8.86. The van der Waals surface area contributed by atoms with Crippen LogP contribution in [0.3, 0.4) is 0 Å². The molecule has 19 heavy (non-hydrogen) atoms. The van der Waals surface area contributed by atoms with Gasteiger partial charge in [-0.3, -0.25) is 9.59 Å². The normalized spacial score (nSPS) is 11.9. The molecule has 6 heteroatoms. The number of nitrogens with two attached hydrogens (primary N) is 1. The third-order valence-corrected chi connectivity index (χ3v) is 3.19. The number of amides is 1. The quantitative estimate of drug-likeness (QED) is 0.812. The molecule has 0 saturated heterocycles. The molecular formula is C13H17ClN2O3. The Labute approximate surface area is 117 Å². The number of carbonyl (C=O) groups is 2. The van der Waals surface area contributed by atoms with Gasteiger partial charge in [0.15, 0.2) is 0 Å². The van der Waals surface area contributed by atoms with Gasteiger partial charge in [-0.05, 0) is 32.0 Å². The summed E-state index contributed by atoms with van der Waals surface area (Å²) in [7, 11) is 0. The van der Waals surface area contributed by atoms with Crippen LogP contribution in [-0.4, -0.2) is 34.5 Å². The van der Waals surface area contributed by atoms with Gasteiger partial charge in [-0.15, -0.1) is 0 Å². The number of carboxylic acid groups (broad SMARTS) is 1. The Kier molecular flexibility index (Phi) is 5.18. The molecule has 0 radical (unpaired) electrons. The Hall–Kier alpha value is -1.75. The van der Waals surface area contributed by atoms with Gasteiger partial charge in [-0.2, -0.15) is 0 Å².